The zero-order valence-corrected chi connectivity index (χ0v) is 3.52. The first-order valence-electron chi connectivity index (χ1n) is 2.67. The Morgan fingerprint density at radius 1 is 2.40 bits per heavy atom. The highest BCUT2D eigenvalue weighted by molar-refractivity contribution is 4.34. The monoisotopic (exact) mass is 76.1 g/mol. The van der Waals surface area contributed by atoms with Gasteiger partial charge in [-0.25, -0.2) is 0 Å². The van der Waals surface area contributed by atoms with E-state index >= 15 is 0 Å². The van der Waals surface area contributed by atoms with Crippen LogP contribution in [-0.2, 0) is 0 Å². The van der Waals surface area contributed by atoms with Gasteiger partial charge in [-0.2, -0.15) is 0 Å². The second-order valence-electron chi connectivity index (χ2n) is 0.930. The molecule has 0 radical (unpaired) electrons. The number of aliphatic hydroxyl groups is 1. The number of rotatable bonds is 1. The maximum atomic E-state index is 8.57. The molecule has 2 unspecified atom stereocenters. The predicted molar refractivity (Wildman–Crippen MR) is 22.0 cm³/mol. The van der Waals surface area contributed by atoms with Crippen molar-refractivity contribution in [3.8, 4) is 0 Å². The Balaban J connectivity index is 3.54. The molecule has 0 spiro atoms. The topological polar surface area (TPSA) is 20.2 Å². The van der Waals surface area contributed by atoms with Crippen LogP contribution in [0.5, 0.6) is 0 Å². The molecule has 0 fully saturated rings. The van der Waals surface area contributed by atoms with Crippen LogP contribution < -0.4 is 0 Å². The van der Waals surface area contributed by atoms with E-state index in [2.05, 4.69) is 0 Å². The third-order valence-electron chi connectivity index (χ3n) is 0.418. The highest BCUT2D eigenvalue weighted by Crippen LogP contribution is 1.81. The van der Waals surface area contributed by atoms with Crippen molar-refractivity contribution < 1.29 is 7.85 Å². The molecule has 0 aromatic carbocycles. The molecule has 0 aliphatic carbocycles. The van der Waals surface area contributed by atoms with E-state index in [0.717, 1.165) is 0 Å². The Morgan fingerprint density at radius 3 is 2.60 bits per heavy atom. The summed E-state index contributed by atoms with van der Waals surface area (Å²) in [7, 11) is 0. The Kier molecular flexibility index (Phi) is 0.969. The molecular formula is C4H10O. The SMILES string of the molecule is [2H]C(C)C([2H])(C)O. The van der Waals surface area contributed by atoms with Crippen molar-refractivity contribution >= 4 is 0 Å². The average molecular weight is 76.1 g/mol. The largest absolute Gasteiger partial charge is 0.393 e. The van der Waals surface area contributed by atoms with Crippen LogP contribution in [0.3, 0.4) is 0 Å². The van der Waals surface area contributed by atoms with E-state index in [9.17, 15) is 0 Å². The lowest BCUT2D eigenvalue weighted by molar-refractivity contribution is 0.191. The van der Waals surface area contributed by atoms with Gasteiger partial charge in [-0.05, 0) is 13.3 Å². The van der Waals surface area contributed by atoms with Gasteiger partial charge in [-0.1, -0.05) is 6.92 Å². The van der Waals surface area contributed by atoms with Crippen molar-refractivity contribution in [2.45, 2.75) is 26.3 Å². The maximum Gasteiger partial charge on any atom is 0.0597 e. The predicted octanol–water partition coefficient (Wildman–Crippen LogP) is 0.777. The summed E-state index contributed by atoms with van der Waals surface area (Å²) in [5.41, 5.74) is 0. The van der Waals surface area contributed by atoms with E-state index in [-0.39, 0.29) is 0 Å². The summed E-state index contributed by atoms with van der Waals surface area (Å²) in [6, 6.07) is 0. The van der Waals surface area contributed by atoms with Gasteiger partial charge in [-0.3, -0.25) is 0 Å². The molecule has 32 valence electrons. The Morgan fingerprint density at radius 2 is 2.60 bits per heavy atom. The zero-order valence-electron chi connectivity index (χ0n) is 5.52. The Bertz CT molecular complexity index is 55.2. The molecule has 0 aliphatic rings. The van der Waals surface area contributed by atoms with Crippen molar-refractivity contribution in [1.29, 1.82) is 0 Å². The van der Waals surface area contributed by atoms with Crippen LogP contribution in [-0.4, -0.2) is 11.2 Å². The molecule has 0 heterocycles. The average Bonchev–Trinajstić information content (AvgIpc) is 1.31. The van der Waals surface area contributed by atoms with Gasteiger partial charge in [0.25, 0.3) is 0 Å². The second-order valence-corrected chi connectivity index (χ2v) is 0.930. The highest BCUT2D eigenvalue weighted by atomic mass is 16.3. The smallest absolute Gasteiger partial charge is 0.0597 e. The van der Waals surface area contributed by atoms with Crippen LogP contribution >= 0.6 is 0 Å². The molecule has 2 atom stereocenters. The quantitative estimate of drug-likeness (QED) is 0.489. The summed E-state index contributed by atoms with van der Waals surface area (Å²) in [5.74, 6) is 0. The van der Waals surface area contributed by atoms with Crippen LogP contribution in [0, 0.1) is 0 Å². The van der Waals surface area contributed by atoms with E-state index in [4.69, 9.17) is 7.85 Å². The molecule has 1 nitrogen and oxygen atoms in total. The minimum atomic E-state index is -1.58. The number of hydrogen-bond acceptors (Lipinski definition) is 1. The molecule has 0 aromatic heterocycles. The first-order chi connectivity index (χ1) is 2.94. The Hall–Kier alpha value is -0.0400. The normalized spacial score (nSPS) is 33.4. The van der Waals surface area contributed by atoms with Gasteiger partial charge in [0.15, 0.2) is 0 Å². The molecule has 0 aromatic rings. The molecule has 1 N–H and O–H groups in total. The molecule has 0 bridgehead atoms. The first-order valence-corrected chi connectivity index (χ1v) is 1.59. The Labute approximate surface area is 35.4 Å². The van der Waals surface area contributed by atoms with E-state index < -0.39 is 12.5 Å². The molecule has 0 aliphatic heterocycles. The number of hydrogen-bond donors (Lipinski definition) is 1. The van der Waals surface area contributed by atoms with Gasteiger partial charge in [-0.15, -0.1) is 0 Å². The first kappa shape index (κ1) is 2.19. The standard InChI is InChI=1S/C4H10O/c1-3-4(2)5/h4-5H,3H2,1-2H3/i3D,4D. The minimum Gasteiger partial charge on any atom is -0.393 e. The summed E-state index contributed by atoms with van der Waals surface area (Å²) in [5, 5.41) is 8.57. The lowest BCUT2D eigenvalue weighted by atomic mass is 10.3. The van der Waals surface area contributed by atoms with Crippen LogP contribution in [0.4, 0.5) is 0 Å². The molecule has 0 saturated carbocycles. The van der Waals surface area contributed by atoms with Gasteiger partial charge in [0, 0.05) is 1.37 Å². The van der Waals surface area contributed by atoms with E-state index in [1.807, 2.05) is 0 Å². The highest BCUT2D eigenvalue weighted by Gasteiger charge is 1.81. The van der Waals surface area contributed by atoms with Gasteiger partial charge >= 0.3 is 0 Å². The van der Waals surface area contributed by atoms with Gasteiger partial charge in [0.1, 0.15) is 0 Å². The van der Waals surface area contributed by atoms with Crippen molar-refractivity contribution in [3.05, 3.63) is 0 Å². The van der Waals surface area contributed by atoms with E-state index in [0.29, 0.717) is 0 Å². The van der Waals surface area contributed by atoms with Gasteiger partial charge < -0.3 is 5.11 Å². The zero-order chi connectivity index (χ0) is 6.08. The van der Waals surface area contributed by atoms with Crippen LogP contribution in [0.25, 0.3) is 0 Å². The summed E-state index contributed by atoms with van der Waals surface area (Å²) in [6.45, 7) is 2.78. The summed E-state index contributed by atoms with van der Waals surface area (Å²) in [4.78, 5) is 0. The minimum absolute atomic E-state index is 0.729. The van der Waals surface area contributed by atoms with Crippen LogP contribution in [0.2, 0.25) is 0 Å². The molecule has 0 saturated heterocycles. The van der Waals surface area contributed by atoms with Crippen LogP contribution in [0.1, 0.15) is 23.0 Å². The second kappa shape index (κ2) is 2.21. The van der Waals surface area contributed by atoms with Crippen molar-refractivity contribution in [2.75, 3.05) is 0 Å². The fourth-order valence-corrected chi connectivity index (χ4v) is 0. The van der Waals surface area contributed by atoms with Gasteiger partial charge in [0.05, 0.1) is 7.45 Å². The molecule has 1 heteroatoms. The molecule has 0 rings (SSSR count). The molecule has 0 amide bonds. The van der Waals surface area contributed by atoms with E-state index in [1.165, 1.54) is 13.8 Å². The third-order valence-corrected chi connectivity index (χ3v) is 0.418. The lowest BCUT2D eigenvalue weighted by Gasteiger charge is -1.90. The third kappa shape index (κ3) is 3.96. The maximum absolute atomic E-state index is 8.57. The molecular weight excluding hydrogens is 64.0 g/mol. The summed E-state index contributed by atoms with van der Waals surface area (Å²) < 4.78 is 13.5. The van der Waals surface area contributed by atoms with Crippen molar-refractivity contribution in [3.63, 3.8) is 0 Å². The van der Waals surface area contributed by atoms with Gasteiger partial charge in [0.2, 0.25) is 0 Å². The molecule has 5 heavy (non-hydrogen) atoms. The van der Waals surface area contributed by atoms with Crippen molar-refractivity contribution in [1.82, 2.24) is 0 Å². The van der Waals surface area contributed by atoms with Crippen LogP contribution in [0.15, 0.2) is 0 Å². The van der Waals surface area contributed by atoms with Crippen molar-refractivity contribution in [2.24, 2.45) is 0 Å². The summed E-state index contributed by atoms with van der Waals surface area (Å²) in [6.07, 6.45) is -2.31. The summed E-state index contributed by atoms with van der Waals surface area (Å²) >= 11 is 0. The fraction of sp³-hybridized carbons (Fsp3) is 1.00. The lowest BCUT2D eigenvalue weighted by Crippen LogP contribution is -1.93. The van der Waals surface area contributed by atoms with E-state index in [1.54, 1.807) is 0 Å². The fourth-order valence-electron chi connectivity index (χ4n) is 0.